The van der Waals surface area contributed by atoms with Crippen molar-refractivity contribution in [2.24, 2.45) is 0 Å². The van der Waals surface area contributed by atoms with Gasteiger partial charge in [-0.2, -0.15) is 0 Å². The van der Waals surface area contributed by atoms with Crippen molar-refractivity contribution in [2.45, 2.75) is 59.0 Å². The minimum atomic E-state index is -1.08. The van der Waals surface area contributed by atoms with E-state index in [0.717, 1.165) is 24.8 Å². The van der Waals surface area contributed by atoms with Gasteiger partial charge in [0.05, 0.1) is 6.10 Å². The van der Waals surface area contributed by atoms with E-state index in [4.69, 9.17) is 4.74 Å². The summed E-state index contributed by atoms with van der Waals surface area (Å²) in [4.78, 5) is 12.1. The lowest BCUT2D eigenvalue weighted by atomic mass is 9.86. The smallest absolute Gasteiger partial charge is 0.332 e. The molecule has 0 radical (unpaired) electrons. The molecule has 1 unspecified atom stereocenters. The van der Waals surface area contributed by atoms with Crippen LogP contribution in [0, 0.1) is 18.6 Å². The Labute approximate surface area is 170 Å². The Morgan fingerprint density at radius 3 is 2.62 bits per heavy atom. The van der Waals surface area contributed by atoms with Crippen LogP contribution < -0.4 is 4.74 Å². The summed E-state index contributed by atoms with van der Waals surface area (Å²) in [6.45, 7) is 5.62. The number of rotatable bonds is 6. The molecule has 29 heavy (non-hydrogen) atoms. The molecule has 1 heterocycles. The molecule has 2 aromatic carbocycles. The molecule has 0 aliphatic carbocycles. The molecular weight excluding hydrogens is 374 g/mol. The number of carbonyl (C=O) groups is 1. The van der Waals surface area contributed by atoms with Crippen molar-refractivity contribution < 1.29 is 23.4 Å². The average molecular weight is 400 g/mol. The Morgan fingerprint density at radius 2 is 1.97 bits per heavy atom. The van der Waals surface area contributed by atoms with E-state index in [9.17, 15) is 14.3 Å². The first-order chi connectivity index (χ1) is 13.8. The van der Waals surface area contributed by atoms with Crippen LogP contribution in [0.5, 0.6) is 5.75 Å². The van der Waals surface area contributed by atoms with Crippen LogP contribution in [-0.4, -0.2) is 17.2 Å². The Balaban J connectivity index is 2.27. The van der Waals surface area contributed by atoms with Gasteiger partial charge in [0.1, 0.15) is 17.4 Å². The monoisotopic (exact) mass is 400 g/mol. The fraction of sp³-hybridized carbons (Fsp3) is 0.375. The molecule has 0 aromatic heterocycles. The number of aryl methyl sites for hydroxylation is 2. The third-order valence-electron chi connectivity index (χ3n) is 5.37. The highest BCUT2D eigenvalue weighted by atomic mass is 19.1. The van der Waals surface area contributed by atoms with Crippen molar-refractivity contribution in [3.05, 3.63) is 69.8 Å². The van der Waals surface area contributed by atoms with Gasteiger partial charge in [-0.25, -0.2) is 13.6 Å². The van der Waals surface area contributed by atoms with E-state index in [1.54, 1.807) is 13.0 Å². The van der Waals surface area contributed by atoms with Crippen molar-refractivity contribution in [3.63, 3.8) is 0 Å². The van der Waals surface area contributed by atoms with E-state index in [1.807, 2.05) is 13.8 Å². The standard InChI is InChI=1S/C24H26F2O3/c1-4-5-6-19(24(27)28)23(18-10-9-17(25)11-14(18)2)20-12-16-8-7-15(3)29-22(16)13-21(20)26/h9-13,15H,4-8H2,1-3H3,(H,27,28)/b23-19-. The summed E-state index contributed by atoms with van der Waals surface area (Å²) in [6.07, 6.45) is 3.35. The molecule has 3 rings (SSSR count). The lowest BCUT2D eigenvalue weighted by Crippen LogP contribution is -2.19. The van der Waals surface area contributed by atoms with Gasteiger partial charge in [-0.1, -0.05) is 19.4 Å². The van der Waals surface area contributed by atoms with Crippen molar-refractivity contribution in [1.82, 2.24) is 0 Å². The van der Waals surface area contributed by atoms with Crippen LogP contribution in [0.4, 0.5) is 8.78 Å². The number of benzene rings is 2. The zero-order chi connectivity index (χ0) is 21.1. The quantitative estimate of drug-likeness (QED) is 0.599. The number of unbranched alkanes of at least 4 members (excludes halogenated alkanes) is 1. The van der Waals surface area contributed by atoms with Crippen LogP contribution in [-0.2, 0) is 11.2 Å². The van der Waals surface area contributed by atoms with E-state index in [0.29, 0.717) is 35.3 Å². The maximum atomic E-state index is 15.2. The van der Waals surface area contributed by atoms with Gasteiger partial charge in [-0.05, 0) is 74.4 Å². The summed E-state index contributed by atoms with van der Waals surface area (Å²) in [6, 6.07) is 7.20. The van der Waals surface area contributed by atoms with Gasteiger partial charge in [0, 0.05) is 22.8 Å². The van der Waals surface area contributed by atoms with Gasteiger partial charge in [0.15, 0.2) is 0 Å². The van der Waals surface area contributed by atoms with E-state index in [1.165, 1.54) is 24.3 Å². The second kappa shape index (κ2) is 8.76. The molecule has 3 nitrogen and oxygen atoms in total. The number of aliphatic carboxylic acids is 1. The molecule has 1 aliphatic heterocycles. The second-order valence-corrected chi connectivity index (χ2v) is 7.63. The van der Waals surface area contributed by atoms with Crippen molar-refractivity contribution in [3.8, 4) is 5.75 Å². The molecule has 1 N–H and O–H groups in total. The number of halogens is 2. The van der Waals surface area contributed by atoms with Crippen molar-refractivity contribution >= 4 is 11.5 Å². The summed E-state index contributed by atoms with van der Waals surface area (Å²) < 4.78 is 34.7. The minimum absolute atomic E-state index is 0.0150. The van der Waals surface area contributed by atoms with Crippen LogP contribution in [0.25, 0.3) is 5.57 Å². The van der Waals surface area contributed by atoms with E-state index in [-0.39, 0.29) is 17.2 Å². The van der Waals surface area contributed by atoms with Gasteiger partial charge in [-0.3, -0.25) is 0 Å². The largest absolute Gasteiger partial charge is 0.490 e. The predicted octanol–water partition coefficient (Wildman–Crippen LogP) is 6.06. The Bertz CT molecular complexity index is 963. The van der Waals surface area contributed by atoms with Crippen molar-refractivity contribution in [2.75, 3.05) is 0 Å². The zero-order valence-electron chi connectivity index (χ0n) is 17.0. The molecule has 5 heteroatoms. The first kappa shape index (κ1) is 21.0. The highest BCUT2D eigenvalue weighted by Crippen LogP contribution is 2.38. The third-order valence-corrected chi connectivity index (χ3v) is 5.37. The predicted molar refractivity (Wildman–Crippen MR) is 109 cm³/mol. The topological polar surface area (TPSA) is 46.5 Å². The first-order valence-electron chi connectivity index (χ1n) is 10.0. The summed E-state index contributed by atoms with van der Waals surface area (Å²) in [5, 5.41) is 9.92. The highest BCUT2D eigenvalue weighted by molar-refractivity contribution is 6.01. The SMILES string of the molecule is CCCC/C(C(=O)O)=C(\c1ccc(F)cc1C)c1cc2c(cc1F)OC(C)CC2. The van der Waals surface area contributed by atoms with Gasteiger partial charge in [-0.15, -0.1) is 0 Å². The third kappa shape index (κ3) is 4.50. The summed E-state index contributed by atoms with van der Waals surface area (Å²) >= 11 is 0. The lowest BCUT2D eigenvalue weighted by molar-refractivity contribution is -0.132. The maximum Gasteiger partial charge on any atom is 0.332 e. The van der Waals surface area contributed by atoms with Crippen LogP contribution in [0.2, 0.25) is 0 Å². The molecule has 2 aromatic rings. The molecule has 1 aliphatic rings. The van der Waals surface area contributed by atoms with Crippen LogP contribution in [0.3, 0.4) is 0 Å². The van der Waals surface area contributed by atoms with Gasteiger partial charge in [0.2, 0.25) is 0 Å². The van der Waals surface area contributed by atoms with Gasteiger partial charge in [0.25, 0.3) is 0 Å². The second-order valence-electron chi connectivity index (χ2n) is 7.63. The fourth-order valence-electron chi connectivity index (χ4n) is 3.80. The van der Waals surface area contributed by atoms with E-state index >= 15 is 4.39 Å². The Hall–Kier alpha value is -2.69. The van der Waals surface area contributed by atoms with E-state index < -0.39 is 17.6 Å². The molecular formula is C24H26F2O3. The Kier molecular flexibility index (Phi) is 6.36. The number of hydrogen-bond acceptors (Lipinski definition) is 2. The summed E-state index contributed by atoms with van der Waals surface area (Å²) in [7, 11) is 0. The lowest BCUT2D eigenvalue weighted by Gasteiger charge is -2.25. The summed E-state index contributed by atoms with van der Waals surface area (Å²) in [5.41, 5.74) is 2.65. The normalized spacial score (nSPS) is 16.7. The number of ether oxygens (including phenoxy) is 1. The molecule has 0 saturated carbocycles. The average Bonchev–Trinajstić information content (AvgIpc) is 2.65. The maximum absolute atomic E-state index is 15.2. The number of hydrogen-bond donors (Lipinski definition) is 1. The minimum Gasteiger partial charge on any atom is -0.490 e. The molecule has 0 amide bonds. The fourth-order valence-corrected chi connectivity index (χ4v) is 3.80. The molecule has 0 fully saturated rings. The molecule has 154 valence electrons. The van der Waals surface area contributed by atoms with Gasteiger partial charge >= 0.3 is 5.97 Å². The first-order valence-corrected chi connectivity index (χ1v) is 10.0. The number of fused-ring (bicyclic) bond motifs is 1. The molecule has 1 atom stereocenters. The highest BCUT2D eigenvalue weighted by Gasteiger charge is 2.25. The zero-order valence-corrected chi connectivity index (χ0v) is 17.0. The van der Waals surface area contributed by atoms with Crippen LogP contribution in [0.15, 0.2) is 35.9 Å². The van der Waals surface area contributed by atoms with Crippen LogP contribution >= 0.6 is 0 Å². The van der Waals surface area contributed by atoms with Gasteiger partial charge < -0.3 is 9.84 Å². The number of carboxylic acids is 1. The van der Waals surface area contributed by atoms with Crippen molar-refractivity contribution in [1.29, 1.82) is 0 Å². The summed E-state index contributed by atoms with van der Waals surface area (Å²) in [5.74, 6) is -1.53. The van der Waals surface area contributed by atoms with Crippen LogP contribution in [0.1, 0.15) is 61.8 Å². The Morgan fingerprint density at radius 1 is 1.21 bits per heavy atom. The molecule has 0 bridgehead atoms. The molecule has 0 spiro atoms. The molecule has 0 saturated heterocycles. The van der Waals surface area contributed by atoms with E-state index in [2.05, 4.69) is 0 Å². The number of carboxylic acid groups (broad SMARTS) is 1.